The Kier molecular flexibility index (Phi) is 3.73. The Hall–Kier alpha value is -3.58. The van der Waals surface area contributed by atoms with Gasteiger partial charge in [-0.05, 0) is 17.5 Å². The Bertz CT molecular complexity index is 1350. The summed E-state index contributed by atoms with van der Waals surface area (Å²) in [5.41, 5.74) is 4.17. The number of amides is 2. The highest BCUT2D eigenvalue weighted by atomic mass is 32.2. The number of aromatic nitrogens is 3. The summed E-state index contributed by atoms with van der Waals surface area (Å²) in [5.74, 6) is -0.458. The molecule has 0 N–H and O–H groups in total. The van der Waals surface area contributed by atoms with Gasteiger partial charge >= 0.3 is 0 Å². The van der Waals surface area contributed by atoms with Gasteiger partial charge in [0, 0.05) is 22.9 Å². The van der Waals surface area contributed by atoms with Crippen LogP contribution in [0.5, 0.6) is 0 Å². The number of hydrogen-bond acceptors (Lipinski definition) is 6. The van der Waals surface area contributed by atoms with Crippen LogP contribution in [-0.2, 0) is 9.59 Å². The number of thioether (sulfide) groups is 1. The summed E-state index contributed by atoms with van der Waals surface area (Å²) in [4.78, 5) is 31.3. The summed E-state index contributed by atoms with van der Waals surface area (Å²) in [6.07, 6.45) is 0.120. The summed E-state index contributed by atoms with van der Waals surface area (Å²) in [5, 5.41) is 10.8. The molecule has 2 aliphatic rings. The molecule has 6 rings (SSSR count). The number of anilines is 1. The molecule has 1 fully saturated rings. The minimum Gasteiger partial charge on any atom is -0.274 e. The lowest BCUT2D eigenvalue weighted by atomic mass is 10.0. The number of rotatable bonds is 3. The average molecular weight is 410 g/mol. The average Bonchev–Trinajstić information content (AvgIpc) is 3.24. The number of benzene rings is 3. The number of para-hydroxylation sites is 1. The van der Waals surface area contributed by atoms with Crippen LogP contribution in [0.4, 0.5) is 5.69 Å². The maximum Gasteiger partial charge on any atom is 0.247 e. The van der Waals surface area contributed by atoms with Crippen molar-refractivity contribution < 1.29 is 9.59 Å². The van der Waals surface area contributed by atoms with Crippen LogP contribution in [0.1, 0.15) is 6.42 Å². The second-order valence-corrected chi connectivity index (χ2v) is 8.38. The maximum absolute atomic E-state index is 12.9. The fourth-order valence-corrected chi connectivity index (χ4v) is 5.06. The number of hydrogen-bond donors (Lipinski definition) is 0. The Labute approximate surface area is 176 Å². The highest BCUT2D eigenvalue weighted by Crippen LogP contribution is 2.45. The van der Waals surface area contributed by atoms with Crippen LogP contribution in [0, 0.1) is 0 Å². The van der Waals surface area contributed by atoms with E-state index in [1.165, 1.54) is 16.7 Å². The summed E-state index contributed by atoms with van der Waals surface area (Å²) in [6.45, 7) is 0. The van der Waals surface area contributed by atoms with Gasteiger partial charge in [-0.2, -0.15) is 0 Å². The molecule has 7 heteroatoms. The molecule has 4 aromatic rings. The van der Waals surface area contributed by atoms with E-state index < -0.39 is 5.25 Å². The van der Waals surface area contributed by atoms with Crippen LogP contribution in [0.3, 0.4) is 0 Å². The van der Waals surface area contributed by atoms with Gasteiger partial charge in [0.05, 0.1) is 5.69 Å². The summed E-state index contributed by atoms with van der Waals surface area (Å²) in [7, 11) is 0. The number of fused-ring (bicyclic) bond motifs is 3. The molecule has 1 aliphatic heterocycles. The van der Waals surface area contributed by atoms with Crippen LogP contribution in [0.15, 0.2) is 71.9 Å². The lowest BCUT2D eigenvalue weighted by Gasteiger charge is -2.14. The van der Waals surface area contributed by atoms with E-state index in [-0.39, 0.29) is 18.2 Å². The highest BCUT2D eigenvalue weighted by Gasteiger charge is 2.41. The first kappa shape index (κ1) is 17.3. The Morgan fingerprint density at radius 2 is 1.57 bits per heavy atom. The van der Waals surface area contributed by atoms with Crippen molar-refractivity contribution >= 4 is 40.0 Å². The third kappa shape index (κ3) is 2.48. The van der Waals surface area contributed by atoms with Crippen molar-refractivity contribution in [3.63, 3.8) is 0 Å². The molecule has 1 atom stereocenters. The van der Waals surface area contributed by atoms with Crippen LogP contribution in [0.2, 0.25) is 0 Å². The zero-order chi connectivity index (χ0) is 20.2. The highest BCUT2D eigenvalue weighted by molar-refractivity contribution is 8.00. The normalized spacial score (nSPS) is 17.1. The molecule has 144 valence electrons. The van der Waals surface area contributed by atoms with Gasteiger partial charge in [0.1, 0.15) is 16.6 Å². The third-order valence-electron chi connectivity index (χ3n) is 5.45. The molecule has 6 nitrogen and oxygen atoms in total. The molecule has 1 saturated heterocycles. The molecule has 2 heterocycles. The fourth-order valence-electron chi connectivity index (χ4n) is 4.14. The molecule has 0 bridgehead atoms. The second kappa shape index (κ2) is 6.47. The number of carbonyl (C=O) groups excluding carboxylic acids is 2. The lowest BCUT2D eigenvalue weighted by molar-refractivity contribution is -0.121. The Morgan fingerprint density at radius 1 is 0.833 bits per heavy atom. The summed E-state index contributed by atoms with van der Waals surface area (Å²) >= 11 is 1.20. The van der Waals surface area contributed by atoms with Crippen molar-refractivity contribution in [2.75, 3.05) is 4.90 Å². The van der Waals surface area contributed by atoms with Gasteiger partial charge < -0.3 is 0 Å². The summed E-state index contributed by atoms with van der Waals surface area (Å²) in [6, 6.07) is 21.2. The third-order valence-corrected chi connectivity index (χ3v) is 6.49. The number of carbonyl (C=O) groups is 2. The van der Waals surface area contributed by atoms with Crippen molar-refractivity contribution in [1.82, 2.24) is 15.2 Å². The van der Waals surface area contributed by atoms with E-state index in [4.69, 9.17) is 4.98 Å². The zero-order valence-corrected chi connectivity index (χ0v) is 16.5. The fraction of sp³-hybridized carbons (Fsp3) is 0.0870. The van der Waals surface area contributed by atoms with Crippen molar-refractivity contribution in [3.8, 4) is 22.5 Å². The van der Waals surface area contributed by atoms with Crippen molar-refractivity contribution in [2.24, 2.45) is 0 Å². The topological polar surface area (TPSA) is 76.0 Å². The maximum atomic E-state index is 12.9. The monoisotopic (exact) mass is 410 g/mol. The SMILES string of the molecule is O=C1C[C@@H](Sc2nnc3c(n2)-c2cccc4cccc-3c24)C(=O)N1c1ccccc1. The Morgan fingerprint density at radius 3 is 2.33 bits per heavy atom. The number of imide groups is 1. The molecule has 3 aromatic carbocycles. The van der Waals surface area contributed by atoms with Gasteiger partial charge in [0.15, 0.2) is 0 Å². The largest absolute Gasteiger partial charge is 0.274 e. The first-order chi connectivity index (χ1) is 14.7. The van der Waals surface area contributed by atoms with E-state index in [2.05, 4.69) is 22.3 Å². The van der Waals surface area contributed by atoms with E-state index in [9.17, 15) is 9.59 Å². The quantitative estimate of drug-likeness (QED) is 0.417. The van der Waals surface area contributed by atoms with Crippen molar-refractivity contribution in [2.45, 2.75) is 16.8 Å². The van der Waals surface area contributed by atoms with Gasteiger partial charge in [-0.25, -0.2) is 9.88 Å². The minimum absolute atomic E-state index is 0.120. The van der Waals surface area contributed by atoms with Gasteiger partial charge in [0.25, 0.3) is 0 Å². The molecular weight excluding hydrogens is 396 g/mol. The predicted molar refractivity (Wildman–Crippen MR) is 115 cm³/mol. The molecule has 1 aliphatic carbocycles. The van der Waals surface area contributed by atoms with Crippen molar-refractivity contribution in [3.05, 3.63) is 66.7 Å². The lowest BCUT2D eigenvalue weighted by Crippen LogP contribution is -2.31. The van der Waals surface area contributed by atoms with Crippen LogP contribution >= 0.6 is 11.8 Å². The molecule has 30 heavy (non-hydrogen) atoms. The van der Waals surface area contributed by atoms with E-state index >= 15 is 0 Å². The molecule has 2 amide bonds. The van der Waals surface area contributed by atoms with E-state index in [0.717, 1.165) is 33.3 Å². The second-order valence-electron chi connectivity index (χ2n) is 7.21. The first-order valence-corrected chi connectivity index (χ1v) is 10.4. The van der Waals surface area contributed by atoms with Crippen LogP contribution in [0.25, 0.3) is 33.3 Å². The standard InChI is InChI=1S/C23H14N4O2S/c28-18-12-17(22(29)27(18)14-8-2-1-3-9-14)30-23-24-20-15-10-4-6-13-7-5-11-16(19(13)15)21(20)25-26-23/h1-11,17H,12H2/t17-/m1/s1. The molecule has 0 radical (unpaired) electrons. The molecule has 0 unspecified atom stereocenters. The smallest absolute Gasteiger partial charge is 0.247 e. The van der Waals surface area contributed by atoms with Gasteiger partial charge in [-0.15, -0.1) is 10.2 Å². The first-order valence-electron chi connectivity index (χ1n) is 9.56. The molecule has 0 saturated carbocycles. The minimum atomic E-state index is -0.558. The van der Waals surface area contributed by atoms with Crippen LogP contribution in [-0.4, -0.2) is 32.2 Å². The predicted octanol–water partition coefficient (Wildman–Crippen LogP) is 4.10. The Balaban J connectivity index is 1.34. The van der Waals surface area contributed by atoms with Crippen LogP contribution < -0.4 is 4.90 Å². The van der Waals surface area contributed by atoms with E-state index in [1.54, 1.807) is 12.1 Å². The summed E-state index contributed by atoms with van der Waals surface area (Å²) < 4.78 is 0. The van der Waals surface area contributed by atoms with Gasteiger partial charge in [0.2, 0.25) is 17.0 Å². The molecular formula is C23H14N4O2S. The number of nitrogens with zero attached hydrogens (tertiary/aromatic N) is 4. The van der Waals surface area contributed by atoms with Crippen molar-refractivity contribution in [1.29, 1.82) is 0 Å². The van der Waals surface area contributed by atoms with E-state index in [0.29, 0.717) is 10.8 Å². The molecule has 0 spiro atoms. The van der Waals surface area contributed by atoms with E-state index in [1.807, 2.05) is 42.5 Å². The molecule has 1 aromatic heterocycles. The van der Waals surface area contributed by atoms with Gasteiger partial charge in [-0.3, -0.25) is 9.59 Å². The van der Waals surface area contributed by atoms with Gasteiger partial charge in [-0.1, -0.05) is 66.4 Å². The zero-order valence-electron chi connectivity index (χ0n) is 15.6.